The van der Waals surface area contributed by atoms with Gasteiger partial charge in [-0.15, -0.1) is 0 Å². The lowest BCUT2D eigenvalue weighted by molar-refractivity contribution is -0.165. The molecule has 0 aromatic heterocycles. The van der Waals surface area contributed by atoms with Gasteiger partial charge in [0.25, 0.3) is 10.1 Å². The number of carbonyl (C=O) groups excluding carboxylic acids is 1. The molecule has 0 saturated carbocycles. The molecule has 19 heteroatoms. The lowest BCUT2D eigenvalue weighted by Crippen LogP contribution is -2.26. The molecule has 0 radical (unpaired) electrons. The molecule has 59 heavy (non-hydrogen) atoms. The van der Waals surface area contributed by atoms with Crippen molar-refractivity contribution in [1.29, 1.82) is 0 Å². The molecule has 6 rings (SSSR count). The molecule has 2 aliphatic heterocycles. The fraction of sp³-hybridized carbons (Fsp3) is 0.375. The first-order chi connectivity index (χ1) is 27.7. The molecule has 4 aromatic carbocycles. The van der Waals surface area contributed by atoms with E-state index in [1.807, 2.05) is 6.92 Å². The number of benzene rings is 4. The molecule has 12 nitrogen and oxygen atoms in total. The molecule has 2 fully saturated rings. The molecular weight excluding hydrogens is 917 g/mol. The Hall–Kier alpha value is -2.12. The first kappa shape index (κ1) is 51.2. The summed E-state index contributed by atoms with van der Waals surface area (Å²) in [6.45, 7) is 6.42. The van der Waals surface area contributed by atoms with Crippen LogP contribution in [0.2, 0.25) is 30.1 Å². The van der Waals surface area contributed by atoms with Gasteiger partial charge in [-0.25, -0.2) is 0 Å². The van der Waals surface area contributed by atoms with Crippen molar-refractivity contribution in [2.24, 2.45) is 0 Å². The number of hydrogen-bond donors (Lipinski definition) is 4. The third kappa shape index (κ3) is 15.3. The molecule has 2 heterocycles. The van der Waals surface area contributed by atoms with Crippen LogP contribution in [0.4, 0.5) is 0 Å². The lowest BCUT2D eigenvalue weighted by Gasteiger charge is -2.25. The van der Waals surface area contributed by atoms with Crippen LogP contribution in [0.3, 0.4) is 0 Å². The Bertz CT molecular complexity index is 2110. The summed E-state index contributed by atoms with van der Waals surface area (Å²) in [5.41, 5.74) is 2.81. The molecule has 4 unspecified atom stereocenters. The summed E-state index contributed by atoms with van der Waals surface area (Å²) < 4.78 is 52.4. The summed E-state index contributed by atoms with van der Waals surface area (Å²) in [5, 5.41) is 35.9. The van der Waals surface area contributed by atoms with Crippen LogP contribution in [0, 0.1) is 6.92 Å². The van der Waals surface area contributed by atoms with Gasteiger partial charge in [-0.05, 0) is 82.3 Å². The van der Waals surface area contributed by atoms with Crippen molar-refractivity contribution in [1.82, 2.24) is 0 Å². The minimum absolute atomic E-state index is 0.0494. The Labute approximate surface area is 373 Å². The first-order valence-corrected chi connectivity index (χ1v) is 21.3. The van der Waals surface area contributed by atoms with Crippen LogP contribution >= 0.6 is 69.6 Å². The minimum Gasteiger partial charge on any atom is -0.394 e. The number of Topliss-reactive ketones (excluding diaryl/α,β-unsaturated/α-hetero) is 1. The van der Waals surface area contributed by atoms with E-state index in [2.05, 4.69) is 0 Å². The Kier molecular flexibility index (Phi) is 20.3. The van der Waals surface area contributed by atoms with Crippen molar-refractivity contribution in [2.75, 3.05) is 39.6 Å². The second-order valence-electron chi connectivity index (χ2n) is 13.2. The molecule has 4 aromatic rings. The van der Waals surface area contributed by atoms with E-state index in [-0.39, 0.29) is 49.8 Å². The largest absolute Gasteiger partial charge is 0.394 e. The van der Waals surface area contributed by atoms with E-state index in [4.69, 9.17) is 113 Å². The zero-order valence-electron chi connectivity index (χ0n) is 32.2. The average molecular weight is 962 g/mol. The summed E-state index contributed by atoms with van der Waals surface area (Å²) in [5.74, 6) is -2.05. The average Bonchev–Trinajstić information content (AvgIpc) is 3.77. The van der Waals surface area contributed by atoms with Crippen LogP contribution in [0.25, 0.3) is 0 Å². The molecule has 4 atom stereocenters. The van der Waals surface area contributed by atoms with E-state index >= 15 is 0 Å². The first-order valence-electron chi connectivity index (χ1n) is 17.6. The normalized spacial score (nSPS) is 21.1. The third-order valence-electron chi connectivity index (χ3n) is 8.37. The number of rotatable bonds is 10. The van der Waals surface area contributed by atoms with Gasteiger partial charge in [-0.1, -0.05) is 99.4 Å². The summed E-state index contributed by atoms with van der Waals surface area (Å²) in [6.07, 6.45) is -1.81. The second kappa shape index (κ2) is 23.4. The van der Waals surface area contributed by atoms with Gasteiger partial charge < -0.3 is 39.4 Å². The fourth-order valence-electron chi connectivity index (χ4n) is 5.22. The smallest absolute Gasteiger partial charge is 0.297 e. The molecule has 0 spiro atoms. The van der Waals surface area contributed by atoms with Gasteiger partial charge in [-0.2, -0.15) is 8.42 Å². The fourth-order valence-corrected chi connectivity index (χ4v) is 7.86. The number of hydrogen-bond acceptors (Lipinski definition) is 12. The monoisotopic (exact) mass is 958 g/mol. The number of aryl methyl sites for hydroxylation is 1. The molecule has 0 aliphatic carbocycles. The number of halogens is 6. The van der Waals surface area contributed by atoms with Crippen LogP contribution in [0.5, 0.6) is 0 Å². The van der Waals surface area contributed by atoms with Crippen molar-refractivity contribution in [3.63, 3.8) is 0 Å². The van der Waals surface area contributed by atoms with Crippen molar-refractivity contribution < 1.29 is 56.8 Å². The van der Waals surface area contributed by atoms with Gasteiger partial charge in [0.15, 0.2) is 17.4 Å². The van der Waals surface area contributed by atoms with Crippen LogP contribution < -0.4 is 0 Å². The molecule has 324 valence electrons. The van der Waals surface area contributed by atoms with E-state index in [0.717, 1.165) is 11.1 Å². The lowest BCUT2D eigenvalue weighted by atomic mass is 10.1. The summed E-state index contributed by atoms with van der Waals surface area (Å²) >= 11 is 35.4. The quantitative estimate of drug-likeness (QED) is 0.0883. The van der Waals surface area contributed by atoms with E-state index in [1.54, 1.807) is 80.6 Å². The van der Waals surface area contributed by atoms with Crippen molar-refractivity contribution >= 4 is 85.5 Å². The van der Waals surface area contributed by atoms with Crippen molar-refractivity contribution in [3.05, 3.63) is 131 Å². The molecule has 4 N–H and O–H groups in total. The maximum atomic E-state index is 12.3. The summed E-state index contributed by atoms with van der Waals surface area (Å²) in [6, 6.07) is 21.4. The zero-order chi connectivity index (χ0) is 44.1. The highest BCUT2D eigenvalue weighted by molar-refractivity contribution is 7.86. The Morgan fingerprint density at radius 1 is 0.729 bits per heavy atom. The van der Waals surface area contributed by atoms with Gasteiger partial charge in [0, 0.05) is 31.8 Å². The van der Waals surface area contributed by atoms with Crippen molar-refractivity contribution in [3.8, 4) is 0 Å². The van der Waals surface area contributed by atoms with Gasteiger partial charge >= 0.3 is 0 Å². The third-order valence-corrected chi connectivity index (χ3v) is 11.3. The van der Waals surface area contributed by atoms with Gasteiger partial charge in [0.2, 0.25) is 0 Å². The van der Waals surface area contributed by atoms with E-state index in [1.165, 1.54) is 19.1 Å². The molecular formula is C40H44Cl6O12S. The molecule has 2 saturated heterocycles. The van der Waals surface area contributed by atoms with Crippen LogP contribution in [-0.4, -0.2) is 92.6 Å². The molecule has 0 bridgehead atoms. The summed E-state index contributed by atoms with van der Waals surface area (Å²) in [4.78, 5) is 11.0. The van der Waals surface area contributed by atoms with E-state index in [0.29, 0.717) is 47.9 Å². The Balaban J connectivity index is 0.000000239. The Morgan fingerprint density at radius 3 is 1.56 bits per heavy atom. The number of aliphatic hydroxyl groups excluding tert-OH is 4. The Morgan fingerprint density at radius 2 is 1.17 bits per heavy atom. The van der Waals surface area contributed by atoms with Gasteiger partial charge in [0.05, 0.1) is 59.6 Å². The SMILES string of the molecule is CC(=O)c1ccc(Cl)cc1Cl.CC1(c2ccc(Cl)cc2Cl)OCC(CO)O1.Cc1ccc(S(=O)(=O)OCC2COC(C)(c3ccc(Cl)cc3Cl)O2)cc1.OCC(O)CO. The second-order valence-corrected chi connectivity index (χ2v) is 17.3. The summed E-state index contributed by atoms with van der Waals surface area (Å²) in [7, 11) is -3.86. The molecule has 2 aliphatic rings. The number of ether oxygens (including phenoxy) is 4. The van der Waals surface area contributed by atoms with Crippen LogP contribution in [-0.2, 0) is 44.8 Å². The maximum absolute atomic E-state index is 12.3. The highest BCUT2D eigenvalue weighted by atomic mass is 35.5. The highest BCUT2D eigenvalue weighted by Crippen LogP contribution is 2.40. The van der Waals surface area contributed by atoms with Gasteiger partial charge in [-0.3, -0.25) is 8.98 Å². The predicted octanol–water partition coefficient (Wildman–Crippen LogP) is 8.40. The van der Waals surface area contributed by atoms with E-state index in [9.17, 15) is 13.2 Å². The van der Waals surface area contributed by atoms with Gasteiger partial charge in [0.1, 0.15) is 18.3 Å². The topological polar surface area (TPSA) is 178 Å². The molecule has 0 amide bonds. The minimum atomic E-state index is -3.86. The number of ketones is 1. The highest BCUT2D eigenvalue weighted by Gasteiger charge is 2.41. The zero-order valence-corrected chi connectivity index (χ0v) is 37.6. The number of aliphatic hydroxyl groups is 4. The van der Waals surface area contributed by atoms with Crippen molar-refractivity contribution in [2.45, 2.75) is 62.5 Å². The van der Waals surface area contributed by atoms with Crippen LogP contribution in [0.15, 0.2) is 83.8 Å². The predicted molar refractivity (Wildman–Crippen MR) is 227 cm³/mol. The maximum Gasteiger partial charge on any atom is 0.297 e. The standard InChI is InChI=1S/C18H18Cl2O5S.C11H12Cl2O3.C8H6Cl2O.C3H8O3/c1-12-3-6-15(7-4-12)26(21,22)24-11-14-10-23-18(2,25-14)16-8-5-13(19)9-17(16)20;1-11(15-6-8(5-14)16-11)9-3-2-7(12)4-10(9)13;1-5(11)7-3-2-6(9)4-8(7)10;4-1-3(6)2-5/h3-9,14H,10-11H2,1-2H3;2-4,8,14H,5-6H2,1H3;2-4H,1H3;3-6H,1-2H2. The van der Waals surface area contributed by atoms with E-state index < -0.39 is 33.9 Å². The number of carbonyl (C=O) groups is 1. The van der Waals surface area contributed by atoms with Crippen LogP contribution in [0.1, 0.15) is 47.8 Å².